The zero-order valence-corrected chi connectivity index (χ0v) is 21.0. The molecule has 2 aromatic carbocycles. The van der Waals surface area contributed by atoms with Crippen LogP contribution in [0.1, 0.15) is 5.69 Å². The van der Waals surface area contributed by atoms with E-state index < -0.39 is 0 Å². The Hall–Kier alpha value is -4.07. The van der Waals surface area contributed by atoms with Crippen molar-refractivity contribution in [3.8, 4) is 17.1 Å². The molecule has 0 amide bonds. The molecule has 0 atom stereocenters. The highest BCUT2D eigenvalue weighted by Crippen LogP contribution is 2.30. The Kier molecular flexibility index (Phi) is 6.62. The largest absolute Gasteiger partial charge is 0.379 e. The van der Waals surface area contributed by atoms with Crippen LogP contribution in [0.15, 0.2) is 90.1 Å². The van der Waals surface area contributed by atoms with Crippen molar-refractivity contribution in [1.29, 1.82) is 0 Å². The Bertz CT molecular complexity index is 1560. The molecular formula is C30H30N6O. The van der Waals surface area contributed by atoms with Gasteiger partial charge in [0.1, 0.15) is 0 Å². The van der Waals surface area contributed by atoms with Gasteiger partial charge in [-0.2, -0.15) is 0 Å². The molecule has 7 heteroatoms. The van der Waals surface area contributed by atoms with Crippen molar-refractivity contribution >= 4 is 22.4 Å². The smallest absolute Gasteiger partial charge is 0.0900 e. The summed E-state index contributed by atoms with van der Waals surface area (Å²) < 4.78 is 7.78. The quantitative estimate of drug-likeness (QED) is 0.346. The minimum atomic E-state index is 0.707. The molecule has 2 aliphatic heterocycles. The van der Waals surface area contributed by atoms with E-state index >= 15 is 0 Å². The van der Waals surface area contributed by atoms with E-state index in [4.69, 9.17) is 14.7 Å². The standard InChI is InChI=1S/C30H30N6O/c1-22-24(11-7-13-31-22)33-27-20-28-30(21-26(27)32-14-15-35-16-18-37-19-17-35)36(23-8-3-2-4-9-23)29-12-6-5-10-25(29)34-28/h2-13,20-21,33H,14-19H2,1H3. The zero-order chi connectivity index (χ0) is 25.0. The van der Waals surface area contributed by atoms with Crippen molar-refractivity contribution in [2.45, 2.75) is 6.92 Å². The Labute approximate surface area is 216 Å². The number of morpholine rings is 1. The second-order valence-electron chi connectivity index (χ2n) is 9.23. The van der Waals surface area contributed by atoms with Crippen LogP contribution in [-0.4, -0.2) is 58.8 Å². The van der Waals surface area contributed by atoms with Crippen LogP contribution in [0.25, 0.3) is 28.1 Å². The van der Waals surface area contributed by atoms with Crippen LogP contribution in [0.5, 0.6) is 0 Å². The van der Waals surface area contributed by atoms with Gasteiger partial charge in [-0.1, -0.05) is 30.3 Å². The molecule has 0 unspecified atom stereocenters. The van der Waals surface area contributed by atoms with E-state index in [-0.39, 0.29) is 0 Å². The molecule has 1 N–H and O–H groups in total. The summed E-state index contributed by atoms with van der Waals surface area (Å²) >= 11 is 0. The molecule has 3 aromatic rings. The van der Waals surface area contributed by atoms with Crippen LogP contribution in [0.2, 0.25) is 0 Å². The average Bonchev–Trinajstić information content (AvgIpc) is 2.94. The van der Waals surface area contributed by atoms with E-state index in [0.29, 0.717) is 6.54 Å². The van der Waals surface area contributed by atoms with Crippen molar-refractivity contribution in [1.82, 2.24) is 19.4 Å². The van der Waals surface area contributed by atoms with Gasteiger partial charge in [-0.05, 0) is 55.5 Å². The third kappa shape index (κ3) is 4.96. The molecule has 0 radical (unpaired) electrons. The van der Waals surface area contributed by atoms with E-state index in [1.165, 1.54) is 0 Å². The Morgan fingerprint density at radius 2 is 1.73 bits per heavy atom. The maximum absolute atomic E-state index is 5.50. The topological polar surface area (TPSA) is 67.6 Å². The highest BCUT2D eigenvalue weighted by atomic mass is 16.5. The number of fused-ring (bicyclic) bond motifs is 2. The number of hydrogen-bond donors (Lipinski definition) is 1. The first-order chi connectivity index (χ1) is 18.3. The first kappa shape index (κ1) is 23.3. The number of pyridine rings is 1. The molecule has 0 saturated carbocycles. The molecule has 7 nitrogen and oxygen atoms in total. The molecule has 3 heterocycles. The molecule has 6 rings (SSSR count). The Balaban J connectivity index is 1.52. The van der Waals surface area contributed by atoms with Crippen molar-refractivity contribution in [2.24, 2.45) is 4.99 Å². The predicted molar refractivity (Wildman–Crippen MR) is 148 cm³/mol. The van der Waals surface area contributed by atoms with E-state index in [0.717, 1.165) is 83.4 Å². The van der Waals surface area contributed by atoms with Crippen LogP contribution in [-0.2, 0) is 4.74 Å². The second-order valence-corrected chi connectivity index (χ2v) is 9.23. The SMILES string of the molecule is Cc1ncccc1Nc1cc2nc3ccccc3n(-c3ccccc3)c-2cc1=NCCN1CCOCC1. The normalized spacial score (nSPS) is 14.9. The molecule has 1 saturated heterocycles. The van der Waals surface area contributed by atoms with Gasteiger partial charge in [0.25, 0.3) is 0 Å². The van der Waals surface area contributed by atoms with Crippen molar-refractivity contribution < 1.29 is 4.74 Å². The number of para-hydroxylation sites is 3. The van der Waals surface area contributed by atoms with Gasteiger partial charge in [0.05, 0.1) is 64.6 Å². The Morgan fingerprint density at radius 1 is 0.919 bits per heavy atom. The fraction of sp³-hybridized carbons (Fsp3) is 0.233. The van der Waals surface area contributed by atoms with E-state index in [9.17, 15) is 0 Å². The Morgan fingerprint density at radius 3 is 2.57 bits per heavy atom. The monoisotopic (exact) mass is 490 g/mol. The lowest BCUT2D eigenvalue weighted by Crippen LogP contribution is -2.38. The first-order valence-electron chi connectivity index (χ1n) is 12.8. The minimum absolute atomic E-state index is 0.707. The summed E-state index contributed by atoms with van der Waals surface area (Å²) in [6, 6.07) is 27.0. The molecule has 37 heavy (non-hydrogen) atoms. The van der Waals surface area contributed by atoms with Crippen LogP contribution in [0.4, 0.5) is 11.4 Å². The maximum atomic E-state index is 5.50. The van der Waals surface area contributed by atoms with Crippen molar-refractivity contribution in [3.63, 3.8) is 0 Å². The fourth-order valence-corrected chi connectivity index (χ4v) is 4.83. The number of aryl methyl sites for hydroxylation is 1. The third-order valence-corrected chi connectivity index (χ3v) is 6.79. The summed E-state index contributed by atoms with van der Waals surface area (Å²) in [5, 5.41) is 4.50. The molecular weight excluding hydrogens is 460 g/mol. The van der Waals surface area contributed by atoms with E-state index in [1.54, 1.807) is 0 Å². The lowest BCUT2D eigenvalue weighted by molar-refractivity contribution is 0.0394. The number of nitrogens with zero attached hydrogens (tertiary/aromatic N) is 5. The molecule has 0 bridgehead atoms. The number of benzene rings is 3. The van der Waals surface area contributed by atoms with Gasteiger partial charge in [0, 0.05) is 31.5 Å². The summed E-state index contributed by atoms with van der Waals surface area (Å²) in [7, 11) is 0. The molecule has 1 aromatic heterocycles. The van der Waals surface area contributed by atoms with Gasteiger partial charge in [-0.25, -0.2) is 4.98 Å². The highest BCUT2D eigenvalue weighted by Gasteiger charge is 2.17. The highest BCUT2D eigenvalue weighted by molar-refractivity contribution is 5.84. The maximum Gasteiger partial charge on any atom is 0.0900 e. The fourth-order valence-electron chi connectivity index (χ4n) is 4.83. The van der Waals surface area contributed by atoms with Gasteiger partial charge in [-0.3, -0.25) is 14.9 Å². The molecule has 1 fully saturated rings. The van der Waals surface area contributed by atoms with Gasteiger partial charge in [0.2, 0.25) is 0 Å². The van der Waals surface area contributed by atoms with Crippen LogP contribution in [0, 0.1) is 6.92 Å². The summed E-state index contributed by atoms with van der Waals surface area (Å²) in [5.41, 5.74) is 7.84. The third-order valence-electron chi connectivity index (χ3n) is 6.79. The number of rotatable bonds is 6. The number of nitrogens with one attached hydrogen (secondary N) is 1. The number of ether oxygens (including phenoxy) is 1. The summed E-state index contributed by atoms with van der Waals surface area (Å²) in [5.74, 6) is 0. The van der Waals surface area contributed by atoms with Crippen molar-refractivity contribution in [2.75, 3.05) is 44.7 Å². The van der Waals surface area contributed by atoms with Crippen LogP contribution < -0.4 is 10.7 Å². The molecule has 3 aliphatic rings. The van der Waals surface area contributed by atoms with E-state index in [1.807, 2.05) is 37.4 Å². The molecule has 0 spiro atoms. The number of aromatic nitrogens is 3. The number of anilines is 2. The molecule has 1 aliphatic carbocycles. The summed E-state index contributed by atoms with van der Waals surface area (Å²) in [6.45, 7) is 7.11. The van der Waals surface area contributed by atoms with Gasteiger partial charge in [-0.15, -0.1) is 0 Å². The van der Waals surface area contributed by atoms with Crippen molar-refractivity contribution in [3.05, 3.63) is 96.1 Å². The zero-order valence-electron chi connectivity index (χ0n) is 21.0. The average molecular weight is 491 g/mol. The predicted octanol–water partition coefficient (Wildman–Crippen LogP) is 4.81. The number of hydrogen-bond acceptors (Lipinski definition) is 6. The van der Waals surface area contributed by atoms with Gasteiger partial charge >= 0.3 is 0 Å². The second kappa shape index (κ2) is 10.5. The van der Waals surface area contributed by atoms with Crippen LogP contribution >= 0.6 is 0 Å². The summed E-state index contributed by atoms with van der Waals surface area (Å²) in [4.78, 5) is 17.0. The van der Waals surface area contributed by atoms with Gasteiger partial charge in [0.15, 0.2) is 0 Å². The van der Waals surface area contributed by atoms with Crippen LogP contribution in [0.3, 0.4) is 0 Å². The minimum Gasteiger partial charge on any atom is -0.379 e. The van der Waals surface area contributed by atoms with Gasteiger partial charge < -0.3 is 14.6 Å². The summed E-state index contributed by atoms with van der Waals surface area (Å²) in [6.07, 6.45) is 1.81. The first-order valence-corrected chi connectivity index (χ1v) is 12.8. The lowest BCUT2D eigenvalue weighted by atomic mass is 10.1. The lowest BCUT2D eigenvalue weighted by Gasteiger charge is -2.25. The molecule has 186 valence electrons. The van der Waals surface area contributed by atoms with E-state index in [2.05, 4.69) is 74.4 Å².